The molecule has 27 heavy (non-hydrogen) atoms. The van der Waals surface area contributed by atoms with Crippen LogP contribution in [-0.2, 0) is 19.0 Å². The van der Waals surface area contributed by atoms with Gasteiger partial charge >= 0.3 is 0 Å². The minimum atomic E-state index is -1.04. The highest BCUT2D eigenvalue weighted by molar-refractivity contribution is 5.94. The Morgan fingerprint density at radius 1 is 1.22 bits per heavy atom. The lowest BCUT2D eigenvalue weighted by atomic mass is 9.95. The van der Waals surface area contributed by atoms with Crippen molar-refractivity contribution in [2.45, 2.75) is 64.1 Å². The number of rotatable bonds is 4. The van der Waals surface area contributed by atoms with E-state index in [1.54, 1.807) is 38.1 Å². The molecule has 2 aliphatic rings. The lowest BCUT2D eigenvalue weighted by molar-refractivity contribution is -0.361. The Morgan fingerprint density at radius 2 is 1.89 bits per heavy atom. The summed E-state index contributed by atoms with van der Waals surface area (Å²) < 4.78 is 23.2. The molecule has 0 aromatic heterocycles. The third-order valence-electron chi connectivity index (χ3n) is 4.57. The zero-order chi connectivity index (χ0) is 19.8. The Hall–Kier alpha value is -2.00. The number of carbonyl (C=O) groups is 2. The van der Waals surface area contributed by atoms with Gasteiger partial charge in [-0.3, -0.25) is 9.59 Å². The van der Waals surface area contributed by atoms with E-state index in [-0.39, 0.29) is 18.3 Å². The first-order valence-electron chi connectivity index (χ1n) is 8.86. The Balaban J connectivity index is 1.79. The molecule has 2 heterocycles. The molecule has 2 fully saturated rings. The van der Waals surface area contributed by atoms with Crippen LogP contribution in [0.15, 0.2) is 24.3 Å². The second kappa shape index (κ2) is 7.55. The van der Waals surface area contributed by atoms with Gasteiger partial charge in [-0.25, -0.2) is 0 Å². The van der Waals surface area contributed by atoms with Crippen molar-refractivity contribution < 1.29 is 33.6 Å². The van der Waals surface area contributed by atoms with Crippen molar-refractivity contribution in [1.82, 2.24) is 5.32 Å². The molecular formula is C19H25NO7. The van der Waals surface area contributed by atoms with Gasteiger partial charge in [0.25, 0.3) is 0 Å². The molecule has 2 aliphatic heterocycles. The zero-order valence-electron chi connectivity index (χ0n) is 15.8. The topological polar surface area (TPSA) is 103 Å². The molecule has 0 unspecified atom stereocenters. The molecule has 5 atom stereocenters. The number of ether oxygens (including phenoxy) is 4. The number of amides is 1. The van der Waals surface area contributed by atoms with Crippen LogP contribution in [0.25, 0.3) is 0 Å². The number of carbonyl (C=O) groups excluding carboxylic acids is 2. The van der Waals surface area contributed by atoms with Crippen LogP contribution < -0.4 is 10.1 Å². The average molecular weight is 379 g/mol. The van der Waals surface area contributed by atoms with E-state index in [9.17, 15) is 14.7 Å². The highest BCUT2D eigenvalue weighted by atomic mass is 16.8. The van der Waals surface area contributed by atoms with Crippen LogP contribution in [0.2, 0.25) is 0 Å². The van der Waals surface area contributed by atoms with Crippen LogP contribution >= 0.6 is 0 Å². The molecule has 3 rings (SSSR count). The SMILES string of the molecule is CC(=O)N[C@H]1[C@H](Oc2ccc(C(C)=O)cc2)O[C@H]2COC(C)(C)O[C@@H]2[C@H]1O. The summed E-state index contributed by atoms with van der Waals surface area (Å²) in [5.41, 5.74) is 0.557. The van der Waals surface area contributed by atoms with Crippen LogP contribution in [-0.4, -0.2) is 59.8 Å². The van der Waals surface area contributed by atoms with Gasteiger partial charge in [0.1, 0.15) is 30.1 Å². The van der Waals surface area contributed by atoms with Crippen molar-refractivity contribution in [3.63, 3.8) is 0 Å². The Kier molecular flexibility index (Phi) is 5.53. The van der Waals surface area contributed by atoms with Gasteiger partial charge in [-0.2, -0.15) is 0 Å². The van der Waals surface area contributed by atoms with Gasteiger partial charge in [-0.15, -0.1) is 0 Å². The number of nitrogens with one attached hydrogen (secondary N) is 1. The minimum absolute atomic E-state index is 0.0519. The standard InChI is InChI=1S/C19H25NO7/c1-10(21)12-5-7-13(8-6-12)25-18-15(20-11(2)22)16(23)17-14(26-18)9-24-19(3,4)27-17/h5-8,14-18,23H,9H2,1-4H3,(H,20,22)/t14-,15+,16-,17-,18+/m0/s1. The number of aliphatic hydroxyl groups excluding tert-OH is 1. The fourth-order valence-electron chi connectivity index (χ4n) is 3.24. The van der Waals surface area contributed by atoms with Gasteiger partial charge in [0.05, 0.1) is 6.61 Å². The number of Topliss-reactive ketones (excluding diaryl/α,β-unsaturated/α-hetero) is 1. The van der Waals surface area contributed by atoms with Crippen LogP contribution in [0, 0.1) is 0 Å². The molecule has 1 aromatic carbocycles. The Morgan fingerprint density at radius 3 is 2.48 bits per heavy atom. The van der Waals surface area contributed by atoms with Crippen LogP contribution in [0.3, 0.4) is 0 Å². The van der Waals surface area contributed by atoms with Gasteiger partial charge in [0, 0.05) is 12.5 Å². The van der Waals surface area contributed by atoms with Gasteiger partial charge in [-0.05, 0) is 45.0 Å². The number of aliphatic hydroxyl groups is 1. The van der Waals surface area contributed by atoms with Crippen molar-refractivity contribution in [2.75, 3.05) is 6.61 Å². The summed E-state index contributed by atoms with van der Waals surface area (Å²) in [7, 11) is 0. The normalized spacial score (nSPS) is 32.3. The maximum Gasteiger partial charge on any atom is 0.223 e. The maximum absolute atomic E-state index is 11.6. The first-order chi connectivity index (χ1) is 12.7. The molecule has 1 amide bonds. The van der Waals surface area contributed by atoms with Crippen LogP contribution in [0.4, 0.5) is 0 Å². The third kappa shape index (κ3) is 4.47. The quantitative estimate of drug-likeness (QED) is 0.753. The first kappa shape index (κ1) is 19.8. The first-order valence-corrected chi connectivity index (χ1v) is 8.86. The molecule has 0 saturated carbocycles. The van der Waals surface area contributed by atoms with E-state index in [0.29, 0.717) is 11.3 Å². The number of benzene rings is 1. The van der Waals surface area contributed by atoms with Gasteiger partial charge < -0.3 is 29.4 Å². The third-order valence-corrected chi connectivity index (χ3v) is 4.57. The molecular weight excluding hydrogens is 354 g/mol. The molecule has 1 aromatic rings. The van der Waals surface area contributed by atoms with Crippen molar-refractivity contribution in [1.29, 1.82) is 0 Å². The van der Waals surface area contributed by atoms with Crippen LogP contribution in [0.1, 0.15) is 38.1 Å². The Bertz CT molecular complexity index is 703. The van der Waals surface area contributed by atoms with Gasteiger partial charge in [0.15, 0.2) is 11.6 Å². The second-order valence-electron chi connectivity index (χ2n) is 7.25. The predicted octanol–water partition coefficient (Wildman–Crippen LogP) is 1.01. The van der Waals surface area contributed by atoms with E-state index in [1.165, 1.54) is 13.8 Å². The van der Waals surface area contributed by atoms with E-state index in [0.717, 1.165) is 0 Å². The van der Waals surface area contributed by atoms with E-state index in [1.807, 2.05) is 0 Å². The summed E-state index contributed by atoms with van der Waals surface area (Å²) in [6.45, 7) is 6.57. The minimum Gasteiger partial charge on any atom is -0.463 e. The van der Waals surface area contributed by atoms with Crippen molar-refractivity contribution in [2.24, 2.45) is 0 Å². The highest BCUT2D eigenvalue weighted by Gasteiger charge is 2.52. The summed E-state index contributed by atoms with van der Waals surface area (Å²) >= 11 is 0. The smallest absolute Gasteiger partial charge is 0.223 e. The molecule has 148 valence electrons. The molecule has 0 radical (unpaired) electrons. The summed E-state index contributed by atoms with van der Waals surface area (Å²) in [6.07, 6.45) is -3.19. The molecule has 2 saturated heterocycles. The van der Waals surface area contributed by atoms with Gasteiger partial charge in [-0.1, -0.05) is 0 Å². The van der Waals surface area contributed by atoms with Crippen LogP contribution in [0.5, 0.6) is 5.75 Å². The number of hydrogen-bond donors (Lipinski definition) is 2. The molecule has 8 heteroatoms. The summed E-state index contributed by atoms with van der Waals surface area (Å²) in [6, 6.07) is 5.73. The van der Waals surface area contributed by atoms with E-state index < -0.39 is 36.4 Å². The average Bonchev–Trinajstić information content (AvgIpc) is 2.59. The lowest BCUT2D eigenvalue weighted by Gasteiger charge is -2.49. The van der Waals surface area contributed by atoms with Crippen molar-refractivity contribution in [3.05, 3.63) is 29.8 Å². The van der Waals surface area contributed by atoms with Crippen molar-refractivity contribution in [3.8, 4) is 5.75 Å². The summed E-state index contributed by atoms with van der Waals surface area (Å²) in [4.78, 5) is 23.0. The molecule has 8 nitrogen and oxygen atoms in total. The lowest BCUT2D eigenvalue weighted by Crippen LogP contribution is -2.69. The maximum atomic E-state index is 11.6. The summed E-state index contributed by atoms with van der Waals surface area (Å²) in [5, 5.41) is 13.5. The number of fused-ring (bicyclic) bond motifs is 1. The fourth-order valence-corrected chi connectivity index (χ4v) is 3.24. The second-order valence-corrected chi connectivity index (χ2v) is 7.25. The van der Waals surface area contributed by atoms with Crippen molar-refractivity contribution >= 4 is 11.7 Å². The number of hydrogen-bond acceptors (Lipinski definition) is 7. The highest BCUT2D eigenvalue weighted by Crippen LogP contribution is 2.33. The molecule has 0 bridgehead atoms. The van der Waals surface area contributed by atoms with E-state index in [2.05, 4.69) is 5.32 Å². The Labute approximate surface area is 157 Å². The molecule has 2 N–H and O–H groups in total. The molecule has 0 aliphatic carbocycles. The van der Waals surface area contributed by atoms with E-state index in [4.69, 9.17) is 18.9 Å². The largest absolute Gasteiger partial charge is 0.463 e. The number of ketones is 1. The summed E-state index contributed by atoms with van der Waals surface area (Å²) in [5.74, 6) is -0.788. The van der Waals surface area contributed by atoms with Gasteiger partial charge in [0.2, 0.25) is 12.2 Å². The fraction of sp³-hybridized carbons (Fsp3) is 0.579. The molecule has 0 spiro atoms. The monoisotopic (exact) mass is 379 g/mol. The zero-order valence-corrected chi connectivity index (χ0v) is 15.8. The predicted molar refractivity (Wildman–Crippen MR) is 94.3 cm³/mol. The van der Waals surface area contributed by atoms with E-state index >= 15 is 0 Å².